The Morgan fingerprint density at radius 3 is 3.06 bits per heavy atom. The molecule has 0 amide bonds. The standard InChI is InChI=1S/C14H22FN3/c15-8-11-4-3-7-18(9-11)10-14-12-5-1-2-6-13(12)16-17-14/h11H,1-10H2,(H,16,17). The fraction of sp³-hybridized carbons (Fsp3) is 0.786. The van der Waals surface area contributed by atoms with Crippen molar-refractivity contribution < 1.29 is 4.39 Å². The number of nitrogens with zero attached hydrogens (tertiary/aromatic N) is 2. The lowest BCUT2D eigenvalue weighted by Gasteiger charge is -2.31. The van der Waals surface area contributed by atoms with E-state index in [0.29, 0.717) is 0 Å². The van der Waals surface area contributed by atoms with Gasteiger partial charge in [-0.15, -0.1) is 0 Å². The Morgan fingerprint density at radius 1 is 1.28 bits per heavy atom. The molecule has 1 aromatic rings. The van der Waals surface area contributed by atoms with Gasteiger partial charge in [0.1, 0.15) is 0 Å². The van der Waals surface area contributed by atoms with E-state index in [1.807, 2.05) is 0 Å². The Morgan fingerprint density at radius 2 is 2.17 bits per heavy atom. The van der Waals surface area contributed by atoms with E-state index >= 15 is 0 Å². The van der Waals surface area contributed by atoms with Crippen molar-refractivity contribution in [1.82, 2.24) is 15.1 Å². The highest BCUT2D eigenvalue weighted by Crippen LogP contribution is 2.25. The maximum atomic E-state index is 12.8. The second-order valence-corrected chi connectivity index (χ2v) is 5.73. The molecule has 0 bridgehead atoms. The summed E-state index contributed by atoms with van der Waals surface area (Å²) < 4.78 is 12.8. The van der Waals surface area contributed by atoms with Gasteiger partial charge in [0.15, 0.2) is 0 Å². The van der Waals surface area contributed by atoms with E-state index in [2.05, 4.69) is 15.1 Å². The van der Waals surface area contributed by atoms with Crippen LogP contribution in [0.15, 0.2) is 0 Å². The minimum atomic E-state index is -0.171. The number of alkyl halides is 1. The molecule has 0 saturated carbocycles. The van der Waals surface area contributed by atoms with E-state index in [0.717, 1.165) is 38.9 Å². The Bertz CT molecular complexity index is 402. The predicted octanol–water partition coefficient (Wildman–Crippen LogP) is 2.47. The van der Waals surface area contributed by atoms with Gasteiger partial charge in [-0.2, -0.15) is 5.10 Å². The molecule has 4 heteroatoms. The molecule has 18 heavy (non-hydrogen) atoms. The maximum absolute atomic E-state index is 12.8. The summed E-state index contributed by atoms with van der Waals surface area (Å²) in [5, 5.41) is 7.67. The van der Waals surface area contributed by atoms with Gasteiger partial charge in [-0.3, -0.25) is 14.4 Å². The molecule has 1 aromatic heterocycles. The van der Waals surface area contributed by atoms with Gasteiger partial charge in [0.25, 0.3) is 0 Å². The van der Waals surface area contributed by atoms with Crippen LogP contribution in [0.4, 0.5) is 4.39 Å². The fourth-order valence-electron chi connectivity index (χ4n) is 3.31. The number of rotatable bonds is 3. The number of fused-ring (bicyclic) bond motifs is 1. The second-order valence-electron chi connectivity index (χ2n) is 5.73. The molecular formula is C14H22FN3. The molecule has 1 N–H and O–H groups in total. The molecule has 1 fully saturated rings. The Hall–Kier alpha value is -0.900. The van der Waals surface area contributed by atoms with Crippen LogP contribution in [0.3, 0.4) is 0 Å². The Labute approximate surface area is 108 Å². The molecule has 0 radical (unpaired) electrons. The van der Waals surface area contributed by atoms with Crippen molar-refractivity contribution in [1.29, 1.82) is 0 Å². The molecule has 1 atom stereocenters. The first kappa shape index (κ1) is 12.2. The molecule has 2 heterocycles. The molecule has 1 aliphatic heterocycles. The highest BCUT2D eigenvalue weighted by molar-refractivity contribution is 5.27. The SMILES string of the molecule is FCC1CCCN(Cc2n[nH]c3c2CCCC3)C1. The lowest BCUT2D eigenvalue weighted by atomic mass is 9.95. The summed E-state index contributed by atoms with van der Waals surface area (Å²) in [4.78, 5) is 2.37. The van der Waals surface area contributed by atoms with Crippen molar-refractivity contribution in [2.75, 3.05) is 19.8 Å². The number of aromatic amines is 1. The van der Waals surface area contributed by atoms with Gasteiger partial charge < -0.3 is 0 Å². The largest absolute Gasteiger partial charge is 0.297 e. The van der Waals surface area contributed by atoms with Crippen LogP contribution >= 0.6 is 0 Å². The molecule has 1 aliphatic carbocycles. The molecule has 2 aliphatic rings. The van der Waals surface area contributed by atoms with Gasteiger partial charge in [0, 0.05) is 24.7 Å². The highest BCUT2D eigenvalue weighted by atomic mass is 19.1. The van der Waals surface area contributed by atoms with E-state index in [-0.39, 0.29) is 12.6 Å². The fourth-order valence-corrected chi connectivity index (χ4v) is 3.31. The molecule has 0 aromatic carbocycles. The Balaban J connectivity index is 1.67. The normalized spacial score (nSPS) is 25.1. The first-order chi connectivity index (χ1) is 8.86. The molecule has 100 valence electrons. The topological polar surface area (TPSA) is 31.9 Å². The van der Waals surface area contributed by atoms with Crippen LogP contribution in [0.2, 0.25) is 0 Å². The van der Waals surface area contributed by atoms with Crippen LogP contribution in [-0.4, -0.2) is 34.9 Å². The summed E-state index contributed by atoms with van der Waals surface area (Å²) in [6.45, 7) is 2.73. The summed E-state index contributed by atoms with van der Waals surface area (Å²) in [5.74, 6) is 0.244. The van der Waals surface area contributed by atoms with E-state index in [9.17, 15) is 4.39 Å². The average molecular weight is 251 g/mol. The highest BCUT2D eigenvalue weighted by Gasteiger charge is 2.23. The van der Waals surface area contributed by atoms with Crippen molar-refractivity contribution in [3.05, 3.63) is 17.0 Å². The molecular weight excluding hydrogens is 229 g/mol. The molecule has 3 nitrogen and oxygen atoms in total. The second kappa shape index (κ2) is 5.39. The van der Waals surface area contributed by atoms with Gasteiger partial charge in [-0.25, -0.2) is 0 Å². The zero-order valence-electron chi connectivity index (χ0n) is 10.9. The predicted molar refractivity (Wildman–Crippen MR) is 69.2 cm³/mol. The van der Waals surface area contributed by atoms with Gasteiger partial charge >= 0.3 is 0 Å². The monoisotopic (exact) mass is 251 g/mol. The lowest BCUT2D eigenvalue weighted by Crippen LogP contribution is -2.36. The van der Waals surface area contributed by atoms with Gasteiger partial charge in [-0.05, 0) is 50.6 Å². The van der Waals surface area contributed by atoms with Crippen LogP contribution in [0.1, 0.15) is 42.6 Å². The molecule has 1 unspecified atom stereocenters. The minimum Gasteiger partial charge on any atom is -0.297 e. The lowest BCUT2D eigenvalue weighted by molar-refractivity contribution is 0.146. The number of H-pyrrole nitrogens is 1. The zero-order valence-corrected chi connectivity index (χ0v) is 10.9. The maximum Gasteiger partial charge on any atom is 0.0934 e. The number of nitrogens with one attached hydrogen (secondary N) is 1. The van der Waals surface area contributed by atoms with Crippen LogP contribution in [0.25, 0.3) is 0 Å². The van der Waals surface area contributed by atoms with Crippen LogP contribution in [-0.2, 0) is 19.4 Å². The van der Waals surface area contributed by atoms with Gasteiger partial charge in [0.2, 0.25) is 0 Å². The first-order valence-electron chi connectivity index (χ1n) is 7.20. The molecule has 0 spiro atoms. The summed E-state index contributed by atoms with van der Waals surface area (Å²) in [7, 11) is 0. The smallest absolute Gasteiger partial charge is 0.0934 e. The third-order valence-electron chi connectivity index (χ3n) is 4.34. The number of aromatic nitrogens is 2. The summed E-state index contributed by atoms with van der Waals surface area (Å²) in [6.07, 6.45) is 7.05. The van der Waals surface area contributed by atoms with Gasteiger partial charge in [-0.1, -0.05) is 0 Å². The first-order valence-corrected chi connectivity index (χ1v) is 7.20. The third-order valence-corrected chi connectivity index (χ3v) is 4.34. The number of aryl methyl sites for hydroxylation is 1. The van der Waals surface area contributed by atoms with E-state index in [1.165, 1.54) is 36.2 Å². The number of likely N-dealkylation sites (tertiary alicyclic amines) is 1. The number of piperidine rings is 1. The van der Waals surface area contributed by atoms with Gasteiger partial charge in [0.05, 0.1) is 12.4 Å². The van der Waals surface area contributed by atoms with Crippen LogP contribution in [0.5, 0.6) is 0 Å². The molecule has 3 rings (SSSR count). The van der Waals surface area contributed by atoms with Crippen LogP contribution < -0.4 is 0 Å². The summed E-state index contributed by atoms with van der Waals surface area (Å²) >= 11 is 0. The van der Waals surface area contributed by atoms with Crippen molar-refractivity contribution in [3.8, 4) is 0 Å². The van der Waals surface area contributed by atoms with E-state index in [1.54, 1.807) is 0 Å². The van der Waals surface area contributed by atoms with Crippen molar-refractivity contribution in [3.63, 3.8) is 0 Å². The van der Waals surface area contributed by atoms with Crippen molar-refractivity contribution >= 4 is 0 Å². The zero-order chi connectivity index (χ0) is 12.4. The quantitative estimate of drug-likeness (QED) is 0.895. The van der Waals surface area contributed by atoms with Crippen molar-refractivity contribution in [2.24, 2.45) is 5.92 Å². The molecule has 1 saturated heterocycles. The van der Waals surface area contributed by atoms with Crippen LogP contribution in [0, 0.1) is 5.92 Å². The average Bonchev–Trinajstić information content (AvgIpc) is 2.83. The van der Waals surface area contributed by atoms with E-state index in [4.69, 9.17) is 0 Å². The number of hydrogen-bond acceptors (Lipinski definition) is 2. The number of halogens is 1. The number of hydrogen-bond donors (Lipinski definition) is 1. The minimum absolute atomic E-state index is 0.171. The third kappa shape index (κ3) is 2.44. The van der Waals surface area contributed by atoms with Crippen molar-refractivity contribution in [2.45, 2.75) is 45.1 Å². The summed E-state index contributed by atoms with van der Waals surface area (Å²) in [5.41, 5.74) is 4.00. The van der Waals surface area contributed by atoms with E-state index < -0.39 is 0 Å². The Kier molecular flexibility index (Phi) is 3.64. The summed E-state index contributed by atoms with van der Waals surface area (Å²) in [6, 6.07) is 0.